The molecule has 2 saturated carbocycles. The highest BCUT2D eigenvalue weighted by Crippen LogP contribution is 2.50. The van der Waals surface area contributed by atoms with Crippen LogP contribution in [0.5, 0.6) is 0 Å². The Morgan fingerprint density at radius 1 is 0.789 bits per heavy atom. The molecule has 0 radical (unpaired) electrons. The number of hydrogen-bond acceptors (Lipinski definition) is 10. The summed E-state index contributed by atoms with van der Waals surface area (Å²) < 4.78 is 0. The molecule has 6 unspecified atom stereocenters. The Morgan fingerprint density at radius 2 is 1.24 bits per heavy atom. The number of nitrogens with one attached hydrogen (secondary N) is 2. The van der Waals surface area contributed by atoms with Gasteiger partial charge in [-0.2, -0.15) is 11.0 Å². The fraction of sp³-hybridized carbons (Fsp3) is 0.462. The first-order chi connectivity index (χ1) is 18.5. The number of piperidine rings is 2. The molecule has 0 spiro atoms. The fourth-order valence-electron chi connectivity index (χ4n) is 5.95. The SMILES string of the molecule is O=C(/C=C/C(=O)ONCC1CC2CC2N1c1ccc(Cl)nc1)ONCC1CC2CC2N1c1ccc(Cl)nc1. The van der Waals surface area contributed by atoms with E-state index in [1.54, 1.807) is 24.5 Å². The minimum absolute atomic E-state index is 0.178. The molecule has 12 heteroatoms. The predicted octanol–water partition coefficient (Wildman–Crippen LogP) is 3.07. The van der Waals surface area contributed by atoms with E-state index in [1.165, 1.54) is 0 Å². The van der Waals surface area contributed by atoms with Gasteiger partial charge in [0.2, 0.25) is 0 Å². The summed E-state index contributed by atoms with van der Waals surface area (Å²) in [4.78, 5) is 47.3. The zero-order valence-electron chi connectivity index (χ0n) is 20.5. The minimum Gasteiger partial charge on any atom is -0.367 e. The van der Waals surface area contributed by atoms with Crippen LogP contribution < -0.4 is 20.8 Å². The Hall–Kier alpha value is -2.92. The van der Waals surface area contributed by atoms with Gasteiger partial charge in [0, 0.05) is 36.3 Å². The highest BCUT2D eigenvalue weighted by Gasteiger charge is 2.52. The van der Waals surface area contributed by atoms with Crippen molar-refractivity contribution in [3.63, 3.8) is 0 Å². The summed E-state index contributed by atoms with van der Waals surface area (Å²) in [6.45, 7) is 0.925. The Morgan fingerprint density at radius 3 is 1.63 bits per heavy atom. The molecule has 2 aromatic rings. The van der Waals surface area contributed by atoms with Gasteiger partial charge in [-0.05, 0) is 61.8 Å². The summed E-state index contributed by atoms with van der Waals surface area (Å²) in [5.41, 5.74) is 7.50. The van der Waals surface area contributed by atoms with Crippen molar-refractivity contribution in [2.75, 3.05) is 22.9 Å². The maximum absolute atomic E-state index is 12.1. The van der Waals surface area contributed by atoms with Crippen LogP contribution in [-0.4, -0.2) is 59.2 Å². The molecule has 2 aliphatic heterocycles. The number of carbonyl (C=O) groups excluding carboxylic acids is 2. The monoisotopic (exact) mass is 558 g/mol. The standard InChI is InChI=1S/C26H28Cl2N6O4/c27-23-3-1-17(11-29-23)33-19(7-15-9-21(15)33)13-31-37-25(35)5-6-26(36)38-32-14-20-8-16-10-22(16)34(20)18-2-4-24(28)30-12-18/h1-6,11-12,15-16,19-22,31-32H,7-10,13-14H2/b6-5+. The molecule has 4 fully saturated rings. The Balaban J connectivity index is 0.912. The smallest absolute Gasteiger partial charge is 0.349 e. The van der Waals surface area contributed by atoms with E-state index in [9.17, 15) is 9.59 Å². The number of carbonyl (C=O) groups is 2. The van der Waals surface area contributed by atoms with E-state index in [1.807, 2.05) is 12.1 Å². The molecule has 2 saturated heterocycles. The molecular weight excluding hydrogens is 531 g/mol. The summed E-state index contributed by atoms with van der Waals surface area (Å²) in [5, 5.41) is 0.911. The van der Waals surface area contributed by atoms with Gasteiger partial charge in [-0.1, -0.05) is 23.2 Å². The number of rotatable bonds is 10. The summed E-state index contributed by atoms with van der Waals surface area (Å²) in [7, 11) is 0. The normalized spacial score (nSPS) is 28.8. The number of pyridine rings is 2. The molecular formula is C26H28Cl2N6O4. The van der Waals surface area contributed by atoms with Crippen molar-refractivity contribution in [3.05, 3.63) is 59.1 Å². The van der Waals surface area contributed by atoms with E-state index >= 15 is 0 Å². The lowest BCUT2D eigenvalue weighted by atomic mass is 10.1. The quantitative estimate of drug-likeness (QED) is 0.256. The van der Waals surface area contributed by atoms with Crippen LogP contribution in [-0.2, 0) is 19.3 Å². The Bertz CT molecular complexity index is 1120. The van der Waals surface area contributed by atoms with Crippen LogP contribution in [0.1, 0.15) is 25.7 Å². The molecule has 0 bridgehead atoms. The lowest BCUT2D eigenvalue weighted by molar-refractivity contribution is -0.147. The molecule has 0 aromatic carbocycles. The van der Waals surface area contributed by atoms with E-state index in [-0.39, 0.29) is 12.1 Å². The van der Waals surface area contributed by atoms with Crippen LogP contribution in [0.3, 0.4) is 0 Å². The maximum atomic E-state index is 12.1. The van der Waals surface area contributed by atoms with Crippen molar-refractivity contribution in [2.45, 2.75) is 49.9 Å². The highest BCUT2D eigenvalue weighted by molar-refractivity contribution is 6.29. The first-order valence-electron chi connectivity index (χ1n) is 12.8. The number of hydroxylamine groups is 2. The lowest BCUT2D eigenvalue weighted by Crippen LogP contribution is -2.41. The number of nitrogens with zero attached hydrogens (tertiary/aromatic N) is 4. The van der Waals surface area contributed by atoms with Gasteiger partial charge < -0.3 is 19.5 Å². The van der Waals surface area contributed by atoms with E-state index in [0.29, 0.717) is 47.3 Å². The third-order valence-electron chi connectivity index (χ3n) is 7.78. The number of fused-ring (bicyclic) bond motifs is 2. The van der Waals surface area contributed by atoms with Crippen LogP contribution in [0, 0.1) is 11.8 Å². The average Bonchev–Trinajstić information content (AvgIpc) is 3.79. The number of hydrogen-bond donors (Lipinski definition) is 2. The molecule has 200 valence electrons. The second-order valence-electron chi connectivity index (χ2n) is 10.3. The molecule has 6 atom stereocenters. The third kappa shape index (κ3) is 5.58. The Kier molecular flexibility index (Phi) is 7.13. The van der Waals surface area contributed by atoms with Gasteiger partial charge in [0.15, 0.2) is 0 Å². The van der Waals surface area contributed by atoms with Crippen molar-refractivity contribution >= 4 is 46.5 Å². The van der Waals surface area contributed by atoms with Crippen molar-refractivity contribution in [2.24, 2.45) is 11.8 Å². The van der Waals surface area contributed by atoms with Crippen molar-refractivity contribution in [1.29, 1.82) is 0 Å². The van der Waals surface area contributed by atoms with E-state index in [4.69, 9.17) is 32.9 Å². The molecule has 4 heterocycles. The fourth-order valence-corrected chi connectivity index (χ4v) is 6.17. The zero-order chi connectivity index (χ0) is 26.2. The second kappa shape index (κ2) is 10.7. The molecule has 0 amide bonds. The van der Waals surface area contributed by atoms with Crippen LogP contribution in [0.15, 0.2) is 48.8 Å². The number of anilines is 2. The highest BCUT2D eigenvalue weighted by atomic mass is 35.5. The van der Waals surface area contributed by atoms with Crippen LogP contribution in [0.25, 0.3) is 0 Å². The predicted molar refractivity (Wildman–Crippen MR) is 141 cm³/mol. The third-order valence-corrected chi connectivity index (χ3v) is 8.23. The molecule has 2 N–H and O–H groups in total. The van der Waals surface area contributed by atoms with Crippen molar-refractivity contribution < 1.29 is 19.3 Å². The molecule has 4 aliphatic rings. The van der Waals surface area contributed by atoms with Crippen LogP contribution in [0.2, 0.25) is 10.3 Å². The lowest BCUT2D eigenvalue weighted by Gasteiger charge is -2.29. The first kappa shape index (κ1) is 25.4. The van der Waals surface area contributed by atoms with Gasteiger partial charge in [0.05, 0.1) is 36.9 Å². The Labute approximate surface area is 230 Å². The zero-order valence-corrected chi connectivity index (χ0v) is 22.0. The second-order valence-corrected chi connectivity index (χ2v) is 11.0. The van der Waals surface area contributed by atoms with Crippen LogP contribution in [0.4, 0.5) is 11.4 Å². The molecule has 6 rings (SSSR count). The van der Waals surface area contributed by atoms with E-state index in [2.05, 4.69) is 30.7 Å². The molecule has 38 heavy (non-hydrogen) atoms. The molecule has 2 aromatic heterocycles. The first-order valence-corrected chi connectivity index (χ1v) is 13.6. The molecule has 10 nitrogen and oxygen atoms in total. The maximum Gasteiger partial charge on any atom is 0.349 e. The van der Waals surface area contributed by atoms with E-state index < -0.39 is 11.9 Å². The van der Waals surface area contributed by atoms with Crippen molar-refractivity contribution in [3.8, 4) is 0 Å². The number of aromatic nitrogens is 2. The van der Waals surface area contributed by atoms with E-state index in [0.717, 1.165) is 49.2 Å². The van der Waals surface area contributed by atoms with Gasteiger partial charge in [-0.3, -0.25) is 0 Å². The summed E-state index contributed by atoms with van der Waals surface area (Å²) in [6.07, 6.45) is 9.98. The van der Waals surface area contributed by atoms with Crippen molar-refractivity contribution in [1.82, 2.24) is 20.9 Å². The van der Waals surface area contributed by atoms with Crippen LogP contribution >= 0.6 is 23.2 Å². The van der Waals surface area contributed by atoms with Gasteiger partial charge in [-0.25, -0.2) is 19.6 Å². The molecule has 2 aliphatic carbocycles. The topological polar surface area (TPSA) is 109 Å². The average molecular weight is 559 g/mol. The minimum atomic E-state index is -0.679. The summed E-state index contributed by atoms with van der Waals surface area (Å²) in [6, 6.07) is 8.81. The van der Waals surface area contributed by atoms with Gasteiger partial charge in [0.1, 0.15) is 10.3 Å². The summed E-state index contributed by atoms with van der Waals surface area (Å²) >= 11 is 11.8. The van der Waals surface area contributed by atoms with Gasteiger partial charge in [0.25, 0.3) is 0 Å². The largest absolute Gasteiger partial charge is 0.367 e. The van der Waals surface area contributed by atoms with Gasteiger partial charge >= 0.3 is 11.9 Å². The summed E-state index contributed by atoms with van der Waals surface area (Å²) in [5.74, 6) is -0.0511. The number of halogens is 2. The van der Waals surface area contributed by atoms with Gasteiger partial charge in [-0.15, -0.1) is 0 Å².